The highest BCUT2D eigenvalue weighted by Crippen LogP contribution is 2.21. The first kappa shape index (κ1) is 24.0. The number of nitrogens with zero attached hydrogens (tertiary/aromatic N) is 5. The van der Waals surface area contributed by atoms with Crippen molar-refractivity contribution >= 4 is 11.6 Å². The van der Waals surface area contributed by atoms with Gasteiger partial charge in [0.1, 0.15) is 5.75 Å². The lowest BCUT2D eigenvalue weighted by molar-refractivity contribution is 0.0627. The first-order chi connectivity index (χ1) is 17.6. The maximum absolute atomic E-state index is 13.0. The third-order valence-electron chi connectivity index (χ3n) is 6.75. The Kier molecular flexibility index (Phi) is 7.57. The van der Waals surface area contributed by atoms with Crippen molar-refractivity contribution in [2.75, 3.05) is 33.3 Å². The average molecular weight is 484 g/mol. The molecule has 0 unspecified atom stereocenters. The molecule has 7 nitrogen and oxygen atoms in total. The van der Waals surface area contributed by atoms with E-state index < -0.39 is 0 Å². The summed E-state index contributed by atoms with van der Waals surface area (Å²) in [5.74, 6) is 1.15. The molecule has 0 aliphatic carbocycles. The summed E-state index contributed by atoms with van der Waals surface area (Å²) in [4.78, 5) is 21.5. The Morgan fingerprint density at radius 1 is 1.08 bits per heavy atom. The summed E-state index contributed by atoms with van der Waals surface area (Å²) in [5.41, 5.74) is 3.77. The smallest absolute Gasteiger partial charge is 0.274 e. The van der Waals surface area contributed by atoms with Crippen molar-refractivity contribution < 1.29 is 9.53 Å². The highest BCUT2D eigenvalue weighted by molar-refractivity contribution is 5.93. The van der Waals surface area contributed by atoms with Crippen LogP contribution < -0.4 is 4.74 Å². The van der Waals surface area contributed by atoms with Gasteiger partial charge in [-0.3, -0.25) is 4.79 Å². The molecule has 1 atom stereocenters. The van der Waals surface area contributed by atoms with Gasteiger partial charge in [-0.1, -0.05) is 42.5 Å². The number of carbonyl (C=O) groups excluding carboxylic acids is 1. The van der Waals surface area contributed by atoms with Gasteiger partial charge in [-0.05, 0) is 55.6 Å². The molecule has 1 aliphatic rings. The van der Waals surface area contributed by atoms with Crippen LogP contribution in [0.15, 0.2) is 79.1 Å². The summed E-state index contributed by atoms with van der Waals surface area (Å²) in [7, 11) is 2.16. The van der Waals surface area contributed by atoms with Gasteiger partial charge in [0.2, 0.25) is 0 Å². The van der Waals surface area contributed by atoms with Crippen molar-refractivity contribution in [3.63, 3.8) is 0 Å². The van der Waals surface area contributed by atoms with Crippen LogP contribution in [-0.2, 0) is 13.0 Å². The summed E-state index contributed by atoms with van der Waals surface area (Å²) < 4.78 is 7.75. The topological polar surface area (TPSA) is 63.0 Å². The monoisotopic (exact) mass is 483 g/mol. The number of rotatable bonds is 9. The lowest BCUT2D eigenvalue weighted by atomic mass is 9.98. The highest BCUT2D eigenvalue weighted by atomic mass is 16.5. The molecule has 1 fully saturated rings. The Hall–Kier alpha value is -3.71. The summed E-state index contributed by atoms with van der Waals surface area (Å²) in [5, 5.41) is 4.39. The number of likely N-dealkylation sites (N-methyl/N-ethyl adjacent to an activating group) is 1. The largest absolute Gasteiger partial charge is 0.493 e. The summed E-state index contributed by atoms with van der Waals surface area (Å²) in [6.45, 7) is 3.97. The SMILES string of the molecule is CN(CCc1ccccc1)Cc1ccc(OC[C@H]2CCCN(C(=O)c3cc4ncccn4n3)C2)cc1. The van der Waals surface area contributed by atoms with Crippen molar-refractivity contribution in [1.29, 1.82) is 0 Å². The number of likely N-dealkylation sites (tertiary alicyclic amines) is 1. The molecule has 36 heavy (non-hydrogen) atoms. The van der Waals surface area contributed by atoms with Crippen LogP contribution in [0.4, 0.5) is 0 Å². The molecule has 0 spiro atoms. The zero-order chi connectivity index (χ0) is 24.7. The second-order valence-corrected chi connectivity index (χ2v) is 9.64. The third-order valence-corrected chi connectivity index (χ3v) is 6.75. The molecule has 0 N–H and O–H groups in total. The van der Waals surface area contributed by atoms with Gasteiger partial charge in [-0.2, -0.15) is 5.10 Å². The molecule has 5 rings (SSSR count). The van der Waals surface area contributed by atoms with E-state index in [1.165, 1.54) is 11.1 Å². The molecule has 186 valence electrons. The molecule has 1 saturated heterocycles. The number of carbonyl (C=O) groups is 1. The van der Waals surface area contributed by atoms with Gasteiger partial charge in [0.15, 0.2) is 11.3 Å². The van der Waals surface area contributed by atoms with Crippen LogP contribution in [0.3, 0.4) is 0 Å². The van der Waals surface area contributed by atoms with Crippen LogP contribution in [0.5, 0.6) is 5.75 Å². The molecule has 1 aliphatic heterocycles. The summed E-state index contributed by atoms with van der Waals surface area (Å²) in [6.07, 6.45) is 6.59. The van der Waals surface area contributed by atoms with Crippen LogP contribution >= 0.6 is 0 Å². The maximum Gasteiger partial charge on any atom is 0.274 e. The molecule has 2 aromatic carbocycles. The zero-order valence-corrected chi connectivity index (χ0v) is 20.8. The van der Waals surface area contributed by atoms with Gasteiger partial charge in [0.05, 0.1) is 6.61 Å². The number of hydrogen-bond acceptors (Lipinski definition) is 5. The number of hydrogen-bond donors (Lipinski definition) is 0. The molecule has 0 radical (unpaired) electrons. The number of ether oxygens (including phenoxy) is 1. The van der Waals surface area contributed by atoms with E-state index in [0.717, 1.165) is 44.6 Å². The van der Waals surface area contributed by atoms with E-state index in [9.17, 15) is 4.79 Å². The number of piperidine rings is 1. The van der Waals surface area contributed by atoms with Crippen molar-refractivity contribution in [1.82, 2.24) is 24.4 Å². The van der Waals surface area contributed by atoms with E-state index in [-0.39, 0.29) is 5.91 Å². The Morgan fingerprint density at radius 3 is 2.72 bits per heavy atom. The fourth-order valence-corrected chi connectivity index (χ4v) is 4.74. The lowest BCUT2D eigenvalue weighted by Crippen LogP contribution is -2.41. The van der Waals surface area contributed by atoms with E-state index in [1.807, 2.05) is 4.90 Å². The quantitative estimate of drug-likeness (QED) is 0.355. The normalized spacial score (nSPS) is 15.9. The van der Waals surface area contributed by atoms with Crippen LogP contribution in [0, 0.1) is 5.92 Å². The van der Waals surface area contributed by atoms with Crippen LogP contribution in [-0.4, -0.2) is 63.6 Å². The van der Waals surface area contributed by atoms with Gasteiger partial charge < -0.3 is 14.5 Å². The highest BCUT2D eigenvalue weighted by Gasteiger charge is 2.26. The predicted molar refractivity (Wildman–Crippen MR) is 140 cm³/mol. The molecular weight excluding hydrogens is 450 g/mol. The molecule has 3 heterocycles. The van der Waals surface area contributed by atoms with Gasteiger partial charge in [0, 0.05) is 50.6 Å². The van der Waals surface area contributed by atoms with Crippen molar-refractivity contribution in [3.05, 3.63) is 95.9 Å². The summed E-state index contributed by atoms with van der Waals surface area (Å²) in [6, 6.07) is 22.5. The lowest BCUT2D eigenvalue weighted by Gasteiger charge is -2.32. The van der Waals surface area contributed by atoms with Gasteiger partial charge >= 0.3 is 0 Å². The standard InChI is InChI=1S/C29H33N5O2/c1-32(18-14-23-7-3-2-4-8-23)20-24-10-12-26(13-11-24)36-22-25-9-5-16-33(21-25)29(35)27-19-28-30-15-6-17-34(28)31-27/h2-4,6-8,10-13,15,17,19,25H,5,9,14,16,18,20-22H2,1H3/t25-/m0/s1. The third kappa shape index (κ3) is 6.10. The molecule has 4 aromatic rings. The fourth-order valence-electron chi connectivity index (χ4n) is 4.74. The van der Waals surface area contributed by atoms with Crippen LogP contribution in [0.1, 0.15) is 34.5 Å². The molecule has 7 heteroatoms. The van der Waals surface area contributed by atoms with E-state index >= 15 is 0 Å². The Bertz CT molecular complexity index is 1240. The molecule has 0 bridgehead atoms. The minimum atomic E-state index is -0.0362. The van der Waals surface area contributed by atoms with E-state index in [1.54, 1.807) is 29.0 Å². The van der Waals surface area contributed by atoms with E-state index in [2.05, 4.69) is 76.6 Å². The minimum absolute atomic E-state index is 0.0362. The zero-order valence-electron chi connectivity index (χ0n) is 20.8. The summed E-state index contributed by atoms with van der Waals surface area (Å²) >= 11 is 0. The second kappa shape index (κ2) is 11.4. The molecular formula is C29H33N5O2. The van der Waals surface area contributed by atoms with E-state index in [4.69, 9.17) is 4.74 Å². The fraction of sp³-hybridized carbons (Fsp3) is 0.345. The number of amides is 1. The molecule has 0 saturated carbocycles. The van der Waals surface area contributed by atoms with Gasteiger partial charge in [-0.15, -0.1) is 0 Å². The van der Waals surface area contributed by atoms with Crippen molar-refractivity contribution in [3.8, 4) is 5.75 Å². The number of benzene rings is 2. The molecule has 1 amide bonds. The van der Waals surface area contributed by atoms with Crippen LogP contribution in [0.25, 0.3) is 5.65 Å². The number of aromatic nitrogens is 3. The predicted octanol–water partition coefficient (Wildman–Crippen LogP) is 4.34. The first-order valence-corrected chi connectivity index (χ1v) is 12.7. The number of fused-ring (bicyclic) bond motifs is 1. The van der Waals surface area contributed by atoms with Gasteiger partial charge in [0.25, 0.3) is 5.91 Å². The van der Waals surface area contributed by atoms with Gasteiger partial charge in [-0.25, -0.2) is 9.50 Å². The maximum atomic E-state index is 13.0. The second-order valence-electron chi connectivity index (χ2n) is 9.64. The Labute approximate surface area is 212 Å². The average Bonchev–Trinajstić information content (AvgIpc) is 3.36. The Morgan fingerprint density at radius 2 is 1.92 bits per heavy atom. The minimum Gasteiger partial charge on any atom is -0.493 e. The van der Waals surface area contributed by atoms with E-state index in [0.29, 0.717) is 30.4 Å². The first-order valence-electron chi connectivity index (χ1n) is 12.7. The Balaban J connectivity index is 1.09. The van der Waals surface area contributed by atoms with Crippen molar-refractivity contribution in [2.24, 2.45) is 5.92 Å². The molecule has 2 aromatic heterocycles. The van der Waals surface area contributed by atoms with Crippen LogP contribution in [0.2, 0.25) is 0 Å². The van der Waals surface area contributed by atoms with Crippen molar-refractivity contribution in [2.45, 2.75) is 25.8 Å².